The van der Waals surface area contributed by atoms with Crippen LogP contribution < -0.4 is 5.32 Å². The van der Waals surface area contributed by atoms with E-state index < -0.39 is 0 Å². The lowest BCUT2D eigenvalue weighted by molar-refractivity contribution is -0.0161. The van der Waals surface area contributed by atoms with Gasteiger partial charge >= 0.3 is 6.03 Å². The van der Waals surface area contributed by atoms with Gasteiger partial charge in [0, 0.05) is 30.6 Å². The summed E-state index contributed by atoms with van der Waals surface area (Å²) in [7, 11) is 0. The fraction of sp³-hybridized carbons (Fsp3) is 0.727. The lowest BCUT2D eigenvalue weighted by atomic mass is 9.53. The minimum atomic E-state index is 0.136. The summed E-state index contributed by atoms with van der Waals surface area (Å²) in [6.07, 6.45) is 12.1. The number of pyridine rings is 1. The van der Waals surface area contributed by atoms with E-state index in [4.69, 9.17) is 0 Å². The van der Waals surface area contributed by atoms with E-state index in [1.54, 1.807) is 0 Å². The molecule has 4 saturated carbocycles. The normalized spacial score (nSPS) is 35.4. The molecule has 0 aromatic carbocycles. The molecule has 1 N–H and O–H groups in total. The maximum absolute atomic E-state index is 13.0. The van der Waals surface area contributed by atoms with Crippen molar-refractivity contribution in [2.45, 2.75) is 61.9 Å². The second-order valence-electron chi connectivity index (χ2n) is 9.54. The van der Waals surface area contributed by atoms with Crippen LogP contribution in [-0.4, -0.2) is 40.3 Å². The third-order valence-corrected chi connectivity index (χ3v) is 8.59. The van der Waals surface area contributed by atoms with E-state index in [0.717, 1.165) is 54.5 Å². The number of hydrogen-bond donors (Lipinski definition) is 1. The number of carbonyl (C=O) groups is 1. The van der Waals surface area contributed by atoms with Gasteiger partial charge in [0.2, 0.25) is 0 Å². The van der Waals surface area contributed by atoms with Crippen LogP contribution in [0, 0.1) is 23.7 Å². The van der Waals surface area contributed by atoms with Crippen molar-refractivity contribution in [1.82, 2.24) is 15.2 Å². The third-order valence-electron chi connectivity index (χ3n) is 7.42. The molecule has 5 fully saturated rings. The number of likely N-dealkylation sites (tertiary alicyclic amines) is 1. The van der Waals surface area contributed by atoms with E-state index >= 15 is 0 Å². The Balaban J connectivity index is 1.11. The molecule has 1 aliphatic heterocycles. The second-order valence-corrected chi connectivity index (χ2v) is 10.6. The van der Waals surface area contributed by atoms with Gasteiger partial charge in [0.05, 0.1) is 5.03 Å². The van der Waals surface area contributed by atoms with Gasteiger partial charge in [0.25, 0.3) is 0 Å². The van der Waals surface area contributed by atoms with Crippen molar-refractivity contribution in [2.75, 3.05) is 18.8 Å². The standard InChI is InChI=1S/C22H31N3OS/c26-21(24-22-12-17-9-18(13-22)11-19(10-17)14-22)25-7-4-16(5-8-25)15-27-20-3-1-2-6-23-20/h1-3,6,16-19H,4-5,7-15H2,(H,24,26). The summed E-state index contributed by atoms with van der Waals surface area (Å²) in [5, 5.41) is 4.65. The van der Waals surface area contributed by atoms with E-state index in [2.05, 4.69) is 21.3 Å². The van der Waals surface area contributed by atoms with E-state index in [9.17, 15) is 4.79 Å². The average molecular weight is 386 g/mol. The van der Waals surface area contributed by atoms with E-state index in [1.807, 2.05) is 30.1 Å². The summed E-state index contributed by atoms with van der Waals surface area (Å²) in [5.74, 6) is 4.45. The van der Waals surface area contributed by atoms with Crippen molar-refractivity contribution >= 4 is 17.8 Å². The first kappa shape index (κ1) is 17.8. The minimum absolute atomic E-state index is 0.136. The predicted octanol–water partition coefficient (Wildman–Crippen LogP) is 4.56. The number of urea groups is 1. The summed E-state index contributed by atoms with van der Waals surface area (Å²) < 4.78 is 0. The van der Waals surface area contributed by atoms with E-state index in [0.29, 0.717) is 5.92 Å². The van der Waals surface area contributed by atoms with Gasteiger partial charge in [-0.05, 0) is 87.2 Å². The minimum Gasteiger partial charge on any atom is -0.333 e. The number of thioether (sulfide) groups is 1. The molecule has 0 radical (unpaired) electrons. The molecular formula is C22H31N3OS. The number of nitrogens with one attached hydrogen (secondary N) is 1. The van der Waals surface area contributed by atoms with Gasteiger partial charge in [-0.15, -0.1) is 11.8 Å². The first-order valence-corrected chi connectivity index (χ1v) is 11.8. The fourth-order valence-electron chi connectivity index (χ4n) is 6.51. The molecule has 6 rings (SSSR count). The third kappa shape index (κ3) is 3.85. The maximum Gasteiger partial charge on any atom is 0.317 e. The molecule has 4 aliphatic carbocycles. The van der Waals surface area contributed by atoms with Crippen molar-refractivity contribution in [3.05, 3.63) is 24.4 Å². The molecule has 0 atom stereocenters. The number of rotatable bonds is 4. The van der Waals surface area contributed by atoms with Crippen LogP contribution in [0.1, 0.15) is 51.4 Å². The molecular weight excluding hydrogens is 354 g/mol. The van der Waals surface area contributed by atoms with Crippen molar-refractivity contribution in [2.24, 2.45) is 23.7 Å². The topological polar surface area (TPSA) is 45.2 Å². The number of nitrogens with zero attached hydrogens (tertiary/aromatic N) is 2. The molecule has 2 heterocycles. The Kier molecular flexibility index (Phi) is 4.83. The Hall–Kier alpha value is -1.23. The zero-order valence-corrected chi connectivity index (χ0v) is 16.9. The highest BCUT2D eigenvalue weighted by atomic mass is 32.2. The molecule has 146 valence electrons. The Labute approximate surface area is 166 Å². The molecule has 1 aromatic heterocycles. The van der Waals surface area contributed by atoms with Gasteiger partial charge in [-0.25, -0.2) is 9.78 Å². The van der Waals surface area contributed by atoms with Crippen LogP contribution in [0.15, 0.2) is 29.4 Å². The van der Waals surface area contributed by atoms with Crippen molar-refractivity contribution in [3.8, 4) is 0 Å². The highest BCUT2D eigenvalue weighted by Gasteiger charge is 2.51. The molecule has 5 heteroatoms. The van der Waals surface area contributed by atoms with Crippen LogP contribution in [0.25, 0.3) is 0 Å². The lowest BCUT2D eigenvalue weighted by Gasteiger charge is -2.57. The number of amides is 2. The predicted molar refractivity (Wildman–Crippen MR) is 109 cm³/mol. The molecule has 27 heavy (non-hydrogen) atoms. The Morgan fingerprint density at radius 2 is 1.78 bits per heavy atom. The first-order chi connectivity index (χ1) is 13.2. The van der Waals surface area contributed by atoms with Crippen LogP contribution in [0.2, 0.25) is 0 Å². The molecule has 1 aromatic rings. The van der Waals surface area contributed by atoms with Gasteiger partial charge in [-0.2, -0.15) is 0 Å². The zero-order chi connectivity index (χ0) is 18.3. The van der Waals surface area contributed by atoms with Gasteiger partial charge in [0.15, 0.2) is 0 Å². The van der Waals surface area contributed by atoms with Crippen LogP contribution in [0.4, 0.5) is 4.79 Å². The summed E-state index contributed by atoms with van der Waals surface area (Å²) >= 11 is 1.85. The SMILES string of the molecule is O=C(NC12CC3CC(CC(C3)C1)C2)N1CCC(CSc2ccccn2)CC1. The number of hydrogen-bond acceptors (Lipinski definition) is 3. The summed E-state index contributed by atoms with van der Waals surface area (Å²) in [6, 6.07) is 6.31. The average Bonchev–Trinajstić information content (AvgIpc) is 2.66. The van der Waals surface area contributed by atoms with Gasteiger partial charge in [-0.1, -0.05) is 6.07 Å². The van der Waals surface area contributed by atoms with Crippen molar-refractivity contribution in [3.63, 3.8) is 0 Å². The van der Waals surface area contributed by atoms with E-state index in [1.165, 1.54) is 38.5 Å². The highest BCUT2D eigenvalue weighted by Crippen LogP contribution is 2.55. The molecule has 4 bridgehead atoms. The van der Waals surface area contributed by atoms with Gasteiger partial charge < -0.3 is 10.2 Å². The van der Waals surface area contributed by atoms with Crippen molar-refractivity contribution in [1.29, 1.82) is 0 Å². The van der Waals surface area contributed by atoms with E-state index in [-0.39, 0.29) is 11.6 Å². The first-order valence-electron chi connectivity index (χ1n) is 10.8. The number of piperidine rings is 1. The number of aromatic nitrogens is 1. The monoisotopic (exact) mass is 385 g/mol. The number of carbonyl (C=O) groups excluding carboxylic acids is 1. The summed E-state index contributed by atoms with van der Waals surface area (Å²) in [6.45, 7) is 1.82. The van der Waals surface area contributed by atoms with Crippen LogP contribution in [-0.2, 0) is 0 Å². The van der Waals surface area contributed by atoms with Gasteiger partial charge in [0.1, 0.15) is 0 Å². The van der Waals surface area contributed by atoms with Gasteiger partial charge in [-0.3, -0.25) is 0 Å². The maximum atomic E-state index is 13.0. The summed E-state index contributed by atoms with van der Waals surface area (Å²) in [5.41, 5.74) is 0.136. The van der Waals surface area contributed by atoms with Crippen LogP contribution in [0.3, 0.4) is 0 Å². The second kappa shape index (κ2) is 7.31. The van der Waals surface area contributed by atoms with Crippen LogP contribution in [0.5, 0.6) is 0 Å². The van der Waals surface area contributed by atoms with Crippen molar-refractivity contribution < 1.29 is 4.79 Å². The highest BCUT2D eigenvalue weighted by molar-refractivity contribution is 7.99. The fourth-order valence-corrected chi connectivity index (χ4v) is 7.56. The molecule has 2 amide bonds. The quantitative estimate of drug-likeness (QED) is 0.773. The molecule has 0 spiro atoms. The lowest BCUT2D eigenvalue weighted by Crippen LogP contribution is -2.62. The largest absolute Gasteiger partial charge is 0.333 e. The molecule has 5 aliphatic rings. The molecule has 1 saturated heterocycles. The zero-order valence-electron chi connectivity index (χ0n) is 16.1. The summed E-state index contributed by atoms with van der Waals surface area (Å²) in [4.78, 5) is 19.5. The molecule has 4 nitrogen and oxygen atoms in total. The Bertz CT molecular complexity index is 636. The molecule has 0 unspecified atom stereocenters. The Morgan fingerprint density at radius 3 is 2.37 bits per heavy atom. The Morgan fingerprint density at radius 1 is 1.11 bits per heavy atom. The van der Waals surface area contributed by atoms with Crippen LogP contribution >= 0.6 is 11.8 Å². The smallest absolute Gasteiger partial charge is 0.317 e.